The monoisotopic (exact) mass is 269 g/mol. The van der Waals surface area contributed by atoms with Gasteiger partial charge in [0.25, 0.3) is 5.91 Å². The quantitative estimate of drug-likeness (QED) is 0.926. The van der Waals surface area contributed by atoms with E-state index in [9.17, 15) is 4.79 Å². The van der Waals surface area contributed by atoms with E-state index in [1.165, 1.54) is 0 Å². The average Bonchev–Trinajstić information content (AvgIpc) is 2.90. The van der Waals surface area contributed by atoms with Gasteiger partial charge in [-0.1, -0.05) is 36.4 Å². The Morgan fingerprint density at radius 2 is 1.90 bits per heavy atom. The molecule has 0 saturated carbocycles. The Morgan fingerprint density at radius 3 is 2.75 bits per heavy atom. The van der Waals surface area contributed by atoms with E-state index < -0.39 is 0 Å². The number of benzene rings is 2. The molecule has 1 heterocycles. The lowest BCUT2D eigenvalue weighted by atomic mass is 10.1. The van der Waals surface area contributed by atoms with Crippen molar-refractivity contribution in [1.82, 2.24) is 5.32 Å². The van der Waals surface area contributed by atoms with Gasteiger partial charge in [0.1, 0.15) is 18.1 Å². The number of para-hydroxylation sites is 2. The SMILES string of the molecule is O=C(COc1ccccc1)NC1COc2ccccc21. The van der Waals surface area contributed by atoms with Crippen molar-refractivity contribution in [3.63, 3.8) is 0 Å². The molecule has 0 fully saturated rings. The second-order valence-corrected chi connectivity index (χ2v) is 4.57. The van der Waals surface area contributed by atoms with Gasteiger partial charge >= 0.3 is 0 Å². The molecule has 20 heavy (non-hydrogen) atoms. The van der Waals surface area contributed by atoms with Gasteiger partial charge in [0, 0.05) is 5.56 Å². The molecular formula is C16H15NO3. The molecule has 0 aliphatic carbocycles. The van der Waals surface area contributed by atoms with Gasteiger partial charge in [0.15, 0.2) is 6.61 Å². The number of hydrogen-bond acceptors (Lipinski definition) is 3. The van der Waals surface area contributed by atoms with E-state index in [2.05, 4.69) is 5.32 Å². The maximum atomic E-state index is 11.9. The van der Waals surface area contributed by atoms with Crippen LogP contribution in [0.25, 0.3) is 0 Å². The fourth-order valence-corrected chi connectivity index (χ4v) is 2.18. The van der Waals surface area contributed by atoms with Crippen LogP contribution in [0.1, 0.15) is 11.6 Å². The fourth-order valence-electron chi connectivity index (χ4n) is 2.18. The highest BCUT2D eigenvalue weighted by Crippen LogP contribution is 2.31. The summed E-state index contributed by atoms with van der Waals surface area (Å²) < 4.78 is 10.9. The molecule has 1 atom stereocenters. The number of rotatable bonds is 4. The van der Waals surface area contributed by atoms with E-state index in [-0.39, 0.29) is 18.6 Å². The van der Waals surface area contributed by atoms with Crippen molar-refractivity contribution in [2.45, 2.75) is 6.04 Å². The zero-order valence-electron chi connectivity index (χ0n) is 10.9. The van der Waals surface area contributed by atoms with Gasteiger partial charge in [0.2, 0.25) is 0 Å². The number of carbonyl (C=O) groups is 1. The van der Waals surface area contributed by atoms with Gasteiger partial charge in [-0.3, -0.25) is 4.79 Å². The predicted octanol–water partition coefficient (Wildman–Crippen LogP) is 2.32. The van der Waals surface area contributed by atoms with E-state index in [0.29, 0.717) is 12.4 Å². The van der Waals surface area contributed by atoms with Crippen LogP contribution in [0.2, 0.25) is 0 Å². The Balaban J connectivity index is 1.55. The van der Waals surface area contributed by atoms with Gasteiger partial charge in [-0.25, -0.2) is 0 Å². The molecule has 4 heteroatoms. The van der Waals surface area contributed by atoms with Crippen molar-refractivity contribution in [1.29, 1.82) is 0 Å². The molecule has 4 nitrogen and oxygen atoms in total. The number of fused-ring (bicyclic) bond motifs is 1. The summed E-state index contributed by atoms with van der Waals surface area (Å²) >= 11 is 0. The minimum atomic E-state index is -0.154. The first kappa shape index (κ1) is 12.5. The van der Waals surface area contributed by atoms with Crippen LogP contribution >= 0.6 is 0 Å². The molecule has 2 aromatic rings. The molecule has 1 N–H and O–H groups in total. The van der Waals surface area contributed by atoms with Crippen molar-refractivity contribution in [3.8, 4) is 11.5 Å². The summed E-state index contributed by atoms with van der Waals surface area (Å²) in [6.07, 6.45) is 0. The first-order chi connectivity index (χ1) is 9.83. The normalized spacial score (nSPS) is 16.1. The average molecular weight is 269 g/mol. The predicted molar refractivity (Wildman–Crippen MR) is 74.8 cm³/mol. The molecule has 0 spiro atoms. The van der Waals surface area contributed by atoms with Gasteiger partial charge in [-0.2, -0.15) is 0 Å². The number of amides is 1. The zero-order valence-corrected chi connectivity index (χ0v) is 10.9. The highest BCUT2D eigenvalue weighted by atomic mass is 16.5. The van der Waals surface area contributed by atoms with E-state index in [4.69, 9.17) is 9.47 Å². The summed E-state index contributed by atoms with van der Waals surface area (Å²) in [6.45, 7) is 0.471. The van der Waals surface area contributed by atoms with Crippen LogP contribution < -0.4 is 14.8 Å². The molecular weight excluding hydrogens is 254 g/mol. The molecule has 1 unspecified atom stereocenters. The standard InChI is InChI=1S/C16H15NO3/c18-16(11-19-12-6-2-1-3-7-12)17-14-10-20-15-9-5-4-8-13(14)15/h1-9,14H,10-11H2,(H,17,18). The highest BCUT2D eigenvalue weighted by Gasteiger charge is 2.24. The Labute approximate surface area is 117 Å². The second kappa shape index (κ2) is 5.65. The summed E-state index contributed by atoms with van der Waals surface area (Å²) in [5, 5.41) is 2.92. The minimum absolute atomic E-state index is 0.00266. The lowest BCUT2D eigenvalue weighted by molar-refractivity contribution is -0.123. The molecule has 0 radical (unpaired) electrons. The zero-order chi connectivity index (χ0) is 13.8. The molecule has 1 aliphatic heterocycles. The Hall–Kier alpha value is -2.49. The smallest absolute Gasteiger partial charge is 0.258 e. The van der Waals surface area contributed by atoms with Crippen LogP contribution in [-0.2, 0) is 4.79 Å². The fraction of sp³-hybridized carbons (Fsp3) is 0.188. The van der Waals surface area contributed by atoms with Crippen molar-refractivity contribution in [2.75, 3.05) is 13.2 Å². The summed E-state index contributed by atoms with van der Waals surface area (Å²) in [5.74, 6) is 1.37. The third-order valence-corrected chi connectivity index (χ3v) is 3.15. The van der Waals surface area contributed by atoms with Crippen LogP contribution in [0.5, 0.6) is 11.5 Å². The summed E-state index contributed by atoms with van der Waals surface area (Å²) in [5.41, 5.74) is 1.01. The van der Waals surface area contributed by atoms with Crippen LogP contribution in [0.4, 0.5) is 0 Å². The number of hydrogen-bond donors (Lipinski definition) is 1. The van der Waals surface area contributed by atoms with Crippen LogP contribution in [0, 0.1) is 0 Å². The molecule has 0 aromatic heterocycles. The Bertz CT molecular complexity index is 598. The summed E-state index contributed by atoms with van der Waals surface area (Å²) in [7, 11) is 0. The molecule has 3 rings (SSSR count). The van der Waals surface area contributed by atoms with Gasteiger partial charge in [-0.05, 0) is 18.2 Å². The van der Waals surface area contributed by atoms with E-state index in [0.717, 1.165) is 11.3 Å². The van der Waals surface area contributed by atoms with Crippen molar-refractivity contribution >= 4 is 5.91 Å². The van der Waals surface area contributed by atoms with Crippen LogP contribution in [-0.4, -0.2) is 19.1 Å². The molecule has 1 amide bonds. The van der Waals surface area contributed by atoms with Crippen molar-refractivity contribution in [2.24, 2.45) is 0 Å². The maximum absolute atomic E-state index is 11.9. The topological polar surface area (TPSA) is 47.6 Å². The number of ether oxygens (including phenoxy) is 2. The molecule has 0 bridgehead atoms. The lowest BCUT2D eigenvalue weighted by Crippen LogP contribution is -2.33. The Kier molecular flexibility index (Phi) is 3.54. The molecule has 2 aromatic carbocycles. The largest absolute Gasteiger partial charge is 0.491 e. The number of nitrogens with one attached hydrogen (secondary N) is 1. The van der Waals surface area contributed by atoms with Gasteiger partial charge in [-0.15, -0.1) is 0 Å². The Morgan fingerprint density at radius 1 is 1.15 bits per heavy atom. The van der Waals surface area contributed by atoms with Crippen molar-refractivity contribution < 1.29 is 14.3 Å². The molecule has 1 aliphatic rings. The summed E-state index contributed by atoms with van der Waals surface area (Å²) in [6, 6.07) is 16.9. The van der Waals surface area contributed by atoms with E-state index >= 15 is 0 Å². The first-order valence-corrected chi connectivity index (χ1v) is 6.52. The summed E-state index contributed by atoms with van der Waals surface area (Å²) in [4.78, 5) is 11.9. The maximum Gasteiger partial charge on any atom is 0.258 e. The minimum Gasteiger partial charge on any atom is -0.491 e. The molecule has 102 valence electrons. The lowest BCUT2D eigenvalue weighted by Gasteiger charge is -2.12. The van der Waals surface area contributed by atoms with E-state index in [1.54, 1.807) is 0 Å². The first-order valence-electron chi connectivity index (χ1n) is 6.52. The van der Waals surface area contributed by atoms with Crippen LogP contribution in [0.3, 0.4) is 0 Å². The van der Waals surface area contributed by atoms with E-state index in [1.807, 2.05) is 54.6 Å². The van der Waals surface area contributed by atoms with Gasteiger partial charge in [0.05, 0.1) is 6.04 Å². The number of carbonyl (C=O) groups excluding carboxylic acids is 1. The van der Waals surface area contributed by atoms with Crippen molar-refractivity contribution in [3.05, 3.63) is 60.2 Å². The molecule has 0 saturated heterocycles. The second-order valence-electron chi connectivity index (χ2n) is 4.57. The highest BCUT2D eigenvalue weighted by molar-refractivity contribution is 5.78. The van der Waals surface area contributed by atoms with Gasteiger partial charge < -0.3 is 14.8 Å². The third-order valence-electron chi connectivity index (χ3n) is 3.15. The van der Waals surface area contributed by atoms with Crippen LogP contribution in [0.15, 0.2) is 54.6 Å². The third kappa shape index (κ3) is 2.74.